The minimum atomic E-state index is -0.565. The van der Waals surface area contributed by atoms with E-state index < -0.39 is 4.92 Å². The van der Waals surface area contributed by atoms with Crippen LogP contribution in [0.15, 0.2) is 42.5 Å². The first kappa shape index (κ1) is 11.4. The lowest BCUT2D eigenvalue weighted by Gasteiger charge is -2.07. The van der Waals surface area contributed by atoms with Crippen LogP contribution in [0.1, 0.15) is 0 Å². The number of benzene rings is 2. The van der Waals surface area contributed by atoms with Crippen LogP contribution >= 0.6 is 11.6 Å². The molecule has 4 nitrogen and oxygen atoms in total. The number of nitro groups is 1. The molecule has 0 fully saturated rings. The Balaban J connectivity index is 2.66. The van der Waals surface area contributed by atoms with Gasteiger partial charge in [-0.3, -0.25) is 10.1 Å². The monoisotopic (exact) mass is 248 g/mol. The highest BCUT2D eigenvalue weighted by Crippen LogP contribution is 2.38. The summed E-state index contributed by atoms with van der Waals surface area (Å²) in [5.41, 5.74) is 7.08. The summed E-state index contributed by atoms with van der Waals surface area (Å²) in [7, 11) is 0. The smallest absolute Gasteiger partial charge is 0.311 e. The average Bonchev–Trinajstić information content (AvgIpc) is 2.30. The standard InChI is InChI=1S/C12H9ClN2O2/c13-10-7-6-9(8-4-2-1-3-5-8)11(14)12(10)15(16)17/h1-7H,14H2. The van der Waals surface area contributed by atoms with Gasteiger partial charge in [-0.1, -0.05) is 48.0 Å². The second-order valence-electron chi connectivity index (χ2n) is 3.48. The fraction of sp³-hybridized carbons (Fsp3) is 0. The van der Waals surface area contributed by atoms with Crippen molar-refractivity contribution in [1.82, 2.24) is 0 Å². The lowest BCUT2D eigenvalue weighted by atomic mass is 10.0. The van der Waals surface area contributed by atoms with Gasteiger partial charge in [0, 0.05) is 5.56 Å². The summed E-state index contributed by atoms with van der Waals surface area (Å²) < 4.78 is 0. The number of rotatable bonds is 2. The number of nitrogens with zero attached hydrogens (tertiary/aromatic N) is 1. The molecule has 5 heteroatoms. The first-order valence-corrected chi connectivity index (χ1v) is 5.27. The van der Waals surface area contributed by atoms with Gasteiger partial charge >= 0.3 is 5.69 Å². The van der Waals surface area contributed by atoms with Crippen molar-refractivity contribution in [3.8, 4) is 11.1 Å². The third-order valence-electron chi connectivity index (χ3n) is 2.44. The van der Waals surface area contributed by atoms with E-state index in [1.165, 1.54) is 6.07 Å². The van der Waals surface area contributed by atoms with Crippen molar-refractivity contribution in [2.24, 2.45) is 0 Å². The minimum Gasteiger partial charge on any atom is -0.393 e. The van der Waals surface area contributed by atoms with Crippen molar-refractivity contribution in [2.75, 3.05) is 5.73 Å². The second kappa shape index (κ2) is 4.43. The summed E-state index contributed by atoms with van der Waals surface area (Å²) in [6.45, 7) is 0. The first-order chi connectivity index (χ1) is 8.11. The zero-order chi connectivity index (χ0) is 12.4. The molecule has 2 N–H and O–H groups in total. The SMILES string of the molecule is Nc1c(-c2ccccc2)ccc(Cl)c1[N+](=O)[O-]. The zero-order valence-corrected chi connectivity index (χ0v) is 9.52. The molecule has 0 aliphatic rings. The molecular formula is C12H9ClN2O2. The molecule has 0 atom stereocenters. The quantitative estimate of drug-likeness (QED) is 0.502. The van der Waals surface area contributed by atoms with Crippen molar-refractivity contribution >= 4 is 23.0 Å². The van der Waals surface area contributed by atoms with Crippen molar-refractivity contribution in [1.29, 1.82) is 0 Å². The van der Waals surface area contributed by atoms with Crippen molar-refractivity contribution in [3.05, 3.63) is 57.6 Å². The van der Waals surface area contributed by atoms with Crippen LogP contribution in [0.2, 0.25) is 5.02 Å². The van der Waals surface area contributed by atoms with Crippen LogP contribution < -0.4 is 5.73 Å². The van der Waals surface area contributed by atoms with Crippen LogP contribution in [0.25, 0.3) is 11.1 Å². The molecule has 0 amide bonds. The molecule has 17 heavy (non-hydrogen) atoms. The van der Waals surface area contributed by atoms with Crippen LogP contribution in [-0.2, 0) is 0 Å². The highest BCUT2D eigenvalue weighted by Gasteiger charge is 2.20. The van der Waals surface area contributed by atoms with Gasteiger partial charge in [-0.05, 0) is 11.6 Å². The van der Waals surface area contributed by atoms with Crippen molar-refractivity contribution < 1.29 is 4.92 Å². The number of halogens is 1. The minimum absolute atomic E-state index is 0.0483. The fourth-order valence-corrected chi connectivity index (χ4v) is 1.87. The molecular weight excluding hydrogens is 240 g/mol. The molecule has 0 bridgehead atoms. The van der Waals surface area contributed by atoms with Crippen LogP contribution in [0.5, 0.6) is 0 Å². The van der Waals surface area contributed by atoms with Gasteiger partial charge in [0.25, 0.3) is 0 Å². The number of nitro benzene ring substituents is 1. The molecule has 0 heterocycles. The number of anilines is 1. The predicted molar refractivity (Wildman–Crippen MR) is 68.0 cm³/mol. The highest BCUT2D eigenvalue weighted by atomic mass is 35.5. The molecule has 2 aromatic rings. The van der Waals surface area contributed by atoms with Gasteiger partial charge in [0.15, 0.2) is 0 Å². The summed E-state index contributed by atoms with van der Waals surface area (Å²) in [6, 6.07) is 12.4. The first-order valence-electron chi connectivity index (χ1n) is 4.89. The Morgan fingerprint density at radius 2 is 1.76 bits per heavy atom. The average molecular weight is 249 g/mol. The molecule has 2 aromatic carbocycles. The van der Waals surface area contributed by atoms with Crippen LogP contribution in [0.3, 0.4) is 0 Å². The van der Waals surface area contributed by atoms with Crippen molar-refractivity contribution in [3.63, 3.8) is 0 Å². The van der Waals surface area contributed by atoms with E-state index in [2.05, 4.69) is 0 Å². The number of nitrogen functional groups attached to an aromatic ring is 1. The molecule has 0 saturated carbocycles. The van der Waals surface area contributed by atoms with Gasteiger partial charge in [0.2, 0.25) is 0 Å². The largest absolute Gasteiger partial charge is 0.393 e. The molecule has 0 unspecified atom stereocenters. The fourth-order valence-electron chi connectivity index (χ4n) is 1.64. The van der Waals surface area contributed by atoms with E-state index in [4.69, 9.17) is 17.3 Å². The van der Waals surface area contributed by atoms with E-state index in [0.717, 1.165) is 5.56 Å². The molecule has 0 aromatic heterocycles. The summed E-state index contributed by atoms with van der Waals surface area (Å²) in [5.74, 6) is 0. The number of hydrogen-bond donors (Lipinski definition) is 1. The third-order valence-corrected chi connectivity index (χ3v) is 2.74. The van der Waals surface area contributed by atoms with Crippen molar-refractivity contribution in [2.45, 2.75) is 0 Å². The summed E-state index contributed by atoms with van der Waals surface area (Å²) >= 11 is 5.76. The Bertz CT molecular complexity index is 570. The number of nitrogens with two attached hydrogens (primary N) is 1. The topological polar surface area (TPSA) is 69.2 Å². The van der Waals surface area contributed by atoms with E-state index in [-0.39, 0.29) is 16.4 Å². The second-order valence-corrected chi connectivity index (χ2v) is 3.89. The summed E-state index contributed by atoms with van der Waals surface area (Å²) in [4.78, 5) is 10.3. The van der Waals surface area contributed by atoms with Gasteiger partial charge in [0.05, 0.1) is 4.92 Å². The van der Waals surface area contributed by atoms with E-state index in [9.17, 15) is 10.1 Å². The normalized spacial score (nSPS) is 10.2. The van der Waals surface area contributed by atoms with E-state index in [0.29, 0.717) is 5.56 Å². The van der Waals surface area contributed by atoms with Crippen LogP contribution in [0, 0.1) is 10.1 Å². The Labute approximate surface area is 103 Å². The molecule has 0 saturated heterocycles. The maximum atomic E-state index is 10.9. The van der Waals surface area contributed by atoms with Crippen LogP contribution in [-0.4, -0.2) is 4.92 Å². The maximum absolute atomic E-state index is 10.9. The Morgan fingerprint density at radius 1 is 1.12 bits per heavy atom. The van der Waals surface area contributed by atoms with Gasteiger partial charge in [0.1, 0.15) is 10.7 Å². The van der Waals surface area contributed by atoms with E-state index in [1.54, 1.807) is 6.07 Å². The molecule has 0 aliphatic carbocycles. The van der Waals surface area contributed by atoms with Gasteiger partial charge in [-0.2, -0.15) is 0 Å². The lowest BCUT2D eigenvalue weighted by molar-refractivity contribution is -0.383. The maximum Gasteiger partial charge on any atom is 0.311 e. The molecule has 86 valence electrons. The van der Waals surface area contributed by atoms with Gasteiger partial charge < -0.3 is 5.73 Å². The van der Waals surface area contributed by atoms with E-state index in [1.807, 2.05) is 30.3 Å². The lowest BCUT2D eigenvalue weighted by Crippen LogP contribution is -1.98. The van der Waals surface area contributed by atoms with E-state index >= 15 is 0 Å². The number of hydrogen-bond acceptors (Lipinski definition) is 3. The molecule has 0 radical (unpaired) electrons. The van der Waals surface area contributed by atoms with Crippen LogP contribution in [0.4, 0.5) is 11.4 Å². The van der Waals surface area contributed by atoms with Gasteiger partial charge in [-0.25, -0.2) is 0 Å². The zero-order valence-electron chi connectivity index (χ0n) is 8.76. The van der Waals surface area contributed by atoms with Gasteiger partial charge in [-0.15, -0.1) is 0 Å². The summed E-state index contributed by atoms with van der Waals surface area (Å²) in [6.07, 6.45) is 0. The summed E-state index contributed by atoms with van der Waals surface area (Å²) in [5, 5.41) is 10.9. The molecule has 2 rings (SSSR count). The predicted octanol–water partition coefficient (Wildman–Crippen LogP) is 3.50. The molecule has 0 spiro atoms. The third kappa shape index (κ3) is 2.07. The molecule has 0 aliphatic heterocycles. The Hall–Kier alpha value is -2.07. The Morgan fingerprint density at radius 3 is 2.35 bits per heavy atom. The Kier molecular flexibility index (Phi) is 2.97. The highest BCUT2D eigenvalue weighted by molar-refractivity contribution is 6.33.